The highest BCUT2D eigenvalue weighted by atomic mass is 35.5. The summed E-state index contributed by atoms with van der Waals surface area (Å²) in [5.41, 5.74) is 0.511. The summed E-state index contributed by atoms with van der Waals surface area (Å²) < 4.78 is 38.2. The van der Waals surface area contributed by atoms with Gasteiger partial charge in [0.2, 0.25) is 0 Å². The van der Waals surface area contributed by atoms with Crippen molar-refractivity contribution in [1.29, 1.82) is 0 Å². The second-order valence-corrected chi connectivity index (χ2v) is 9.52. The topological polar surface area (TPSA) is 138 Å². The van der Waals surface area contributed by atoms with Gasteiger partial charge in [0.15, 0.2) is 5.75 Å². The number of nitrogens with zero attached hydrogens (tertiary/aromatic N) is 2. The summed E-state index contributed by atoms with van der Waals surface area (Å²) >= 11 is 6.11. The van der Waals surface area contributed by atoms with Crippen LogP contribution in [0.25, 0.3) is 10.8 Å². The lowest BCUT2D eigenvalue weighted by molar-refractivity contribution is 0.102. The van der Waals surface area contributed by atoms with Crippen LogP contribution in [0.15, 0.2) is 81.9 Å². The van der Waals surface area contributed by atoms with E-state index in [0.717, 1.165) is 6.07 Å². The molecule has 0 fully saturated rings. The smallest absolute Gasteiger partial charge is 0.294 e. The van der Waals surface area contributed by atoms with Crippen LogP contribution in [0.2, 0.25) is 5.02 Å². The van der Waals surface area contributed by atoms with Gasteiger partial charge in [0.1, 0.15) is 16.3 Å². The summed E-state index contributed by atoms with van der Waals surface area (Å²) in [6.07, 6.45) is 0. The fourth-order valence-electron chi connectivity index (χ4n) is 3.60. The zero-order valence-corrected chi connectivity index (χ0v) is 20.6. The average Bonchev–Trinajstić information content (AvgIpc) is 2.84. The number of ether oxygens (including phenoxy) is 1. The van der Waals surface area contributed by atoms with E-state index >= 15 is 0 Å². The number of carbonyl (C=O) groups is 1. The molecule has 184 valence electrons. The molecule has 0 atom stereocenters. The summed E-state index contributed by atoms with van der Waals surface area (Å²) in [5.74, 6) is -0.596. The van der Waals surface area contributed by atoms with Crippen molar-refractivity contribution in [3.8, 4) is 11.5 Å². The molecule has 0 aliphatic carbocycles. The molecule has 3 N–H and O–H groups in total. The van der Waals surface area contributed by atoms with Crippen molar-refractivity contribution < 1.29 is 27.6 Å². The quantitative estimate of drug-likeness (QED) is 0.196. The number of phenols is 1. The Hall–Kier alpha value is -3.99. The van der Waals surface area contributed by atoms with Gasteiger partial charge in [-0.3, -0.25) is 9.35 Å². The van der Waals surface area contributed by atoms with E-state index in [1.165, 1.54) is 26.2 Å². The van der Waals surface area contributed by atoms with Crippen molar-refractivity contribution >= 4 is 55.5 Å². The van der Waals surface area contributed by atoms with E-state index < -0.39 is 26.7 Å². The first-order valence-corrected chi connectivity index (χ1v) is 12.3. The van der Waals surface area contributed by atoms with Crippen molar-refractivity contribution in [3.63, 3.8) is 0 Å². The van der Waals surface area contributed by atoms with Gasteiger partial charge in [0.25, 0.3) is 16.0 Å². The van der Waals surface area contributed by atoms with Crippen LogP contribution in [0.3, 0.4) is 0 Å². The van der Waals surface area contributed by atoms with Gasteiger partial charge >= 0.3 is 0 Å². The van der Waals surface area contributed by atoms with Crippen LogP contribution in [0, 0.1) is 6.92 Å². The van der Waals surface area contributed by atoms with Gasteiger partial charge in [-0.05, 0) is 48.2 Å². The van der Waals surface area contributed by atoms with Gasteiger partial charge in [-0.15, -0.1) is 5.11 Å². The number of para-hydroxylation sites is 2. The number of phenolic OH excluding ortho intramolecular Hbond substituents is 1. The minimum Gasteiger partial charge on any atom is -0.505 e. The molecular formula is C25H20ClN3O6S. The summed E-state index contributed by atoms with van der Waals surface area (Å²) in [4.78, 5) is 12.7. The molecule has 0 aliphatic heterocycles. The molecular weight excluding hydrogens is 506 g/mol. The SMILES string of the molecule is COc1ccccc1NC(=O)c1cc2ccccc2c(N=Nc2cc(Cl)c(C)c(S(=O)(=O)O)c2)c1O. The number of nitrogens with one attached hydrogen (secondary N) is 1. The average molecular weight is 526 g/mol. The highest BCUT2D eigenvalue weighted by Crippen LogP contribution is 2.40. The number of aromatic hydroxyl groups is 1. The molecule has 4 rings (SSSR count). The molecule has 36 heavy (non-hydrogen) atoms. The van der Waals surface area contributed by atoms with E-state index in [4.69, 9.17) is 16.3 Å². The molecule has 1 amide bonds. The Kier molecular flexibility index (Phi) is 6.93. The Morgan fingerprint density at radius 3 is 2.44 bits per heavy atom. The molecule has 0 saturated heterocycles. The van der Waals surface area contributed by atoms with Crippen molar-refractivity contribution in [3.05, 3.63) is 82.9 Å². The maximum absolute atomic E-state index is 13.1. The fourth-order valence-corrected chi connectivity index (χ4v) is 4.64. The van der Waals surface area contributed by atoms with Crippen molar-refractivity contribution in [2.45, 2.75) is 11.8 Å². The van der Waals surface area contributed by atoms with Gasteiger partial charge in [0, 0.05) is 10.4 Å². The Labute approximate surface area is 211 Å². The van der Waals surface area contributed by atoms with Crippen molar-refractivity contribution in [1.82, 2.24) is 0 Å². The van der Waals surface area contributed by atoms with Gasteiger partial charge < -0.3 is 15.2 Å². The predicted molar refractivity (Wildman–Crippen MR) is 137 cm³/mol. The van der Waals surface area contributed by atoms with Crippen LogP contribution < -0.4 is 10.1 Å². The van der Waals surface area contributed by atoms with Crippen LogP contribution >= 0.6 is 11.6 Å². The molecule has 0 bridgehead atoms. The second-order valence-electron chi connectivity index (χ2n) is 7.72. The molecule has 11 heteroatoms. The maximum Gasteiger partial charge on any atom is 0.294 e. The fraction of sp³-hybridized carbons (Fsp3) is 0.0800. The molecule has 4 aromatic rings. The number of anilines is 1. The number of hydrogen-bond acceptors (Lipinski definition) is 7. The molecule has 0 spiro atoms. The third-order valence-corrected chi connectivity index (χ3v) is 6.79. The molecule has 0 radical (unpaired) electrons. The predicted octanol–water partition coefficient (Wildman–Crippen LogP) is 6.43. The number of methoxy groups -OCH3 is 1. The second kappa shape index (κ2) is 9.94. The highest BCUT2D eigenvalue weighted by molar-refractivity contribution is 7.85. The van der Waals surface area contributed by atoms with E-state index in [0.29, 0.717) is 22.2 Å². The number of azo groups is 1. The lowest BCUT2D eigenvalue weighted by atomic mass is 10.0. The molecule has 0 aliphatic rings. The molecule has 0 unspecified atom stereocenters. The standard InChI is InChI=1S/C25H20ClN3O6S/c1-14-19(26)12-16(13-22(14)36(32,33)34)28-29-23-17-8-4-3-7-15(17)11-18(24(23)30)25(31)27-20-9-5-6-10-21(20)35-2/h3-13,30H,1-2H3,(H,27,31)(H,32,33,34). The van der Waals surface area contributed by atoms with Crippen LogP contribution in [0.5, 0.6) is 11.5 Å². The van der Waals surface area contributed by atoms with Crippen LogP contribution in [0.1, 0.15) is 15.9 Å². The normalized spacial score (nSPS) is 11.7. The molecule has 0 saturated carbocycles. The molecule has 9 nitrogen and oxygen atoms in total. The number of amides is 1. The summed E-state index contributed by atoms with van der Waals surface area (Å²) in [5, 5.41) is 23.0. The van der Waals surface area contributed by atoms with E-state index in [2.05, 4.69) is 15.5 Å². The first-order chi connectivity index (χ1) is 17.1. The van der Waals surface area contributed by atoms with E-state index in [1.807, 2.05) is 0 Å². The van der Waals surface area contributed by atoms with Gasteiger partial charge in [-0.25, -0.2) is 0 Å². The monoisotopic (exact) mass is 525 g/mol. The number of carbonyl (C=O) groups excluding carboxylic acids is 1. The van der Waals surface area contributed by atoms with E-state index in [9.17, 15) is 22.9 Å². The zero-order chi connectivity index (χ0) is 26.0. The Bertz CT molecular complexity index is 1640. The molecule has 0 heterocycles. The van der Waals surface area contributed by atoms with E-state index in [1.54, 1.807) is 48.5 Å². The number of rotatable bonds is 6. The zero-order valence-electron chi connectivity index (χ0n) is 19.1. The lowest BCUT2D eigenvalue weighted by Crippen LogP contribution is -2.13. The third-order valence-electron chi connectivity index (χ3n) is 5.42. The minimum absolute atomic E-state index is 0.0108. The van der Waals surface area contributed by atoms with Crippen molar-refractivity contribution in [2.24, 2.45) is 10.2 Å². The molecule has 0 aromatic heterocycles. The van der Waals surface area contributed by atoms with Crippen LogP contribution in [0.4, 0.5) is 17.1 Å². The third kappa shape index (κ3) is 5.01. The summed E-state index contributed by atoms with van der Waals surface area (Å²) in [6.45, 7) is 1.44. The summed E-state index contributed by atoms with van der Waals surface area (Å²) in [6, 6.07) is 17.7. The van der Waals surface area contributed by atoms with E-state index in [-0.39, 0.29) is 27.5 Å². The van der Waals surface area contributed by atoms with Crippen LogP contribution in [-0.4, -0.2) is 31.1 Å². The van der Waals surface area contributed by atoms with Gasteiger partial charge in [-0.2, -0.15) is 13.5 Å². The number of hydrogen-bond donors (Lipinski definition) is 3. The lowest BCUT2D eigenvalue weighted by Gasteiger charge is -2.13. The summed E-state index contributed by atoms with van der Waals surface area (Å²) in [7, 11) is -3.08. The Balaban J connectivity index is 1.81. The van der Waals surface area contributed by atoms with Gasteiger partial charge in [-0.1, -0.05) is 48.0 Å². The minimum atomic E-state index is -4.56. The number of fused-ring (bicyclic) bond motifs is 1. The Morgan fingerprint density at radius 1 is 1.03 bits per heavy atom. The van der Waals surface area contributed by atoms with Crippen LogP contribution in [-0.2, 0) is 10.1 Å². The highest BCUT2D eigenvalue weighted by Gasteiger charge is 2.20. The number of benzene rings is 4. The maximum atomic E-state index is 13.1. The molecule has 4 aromatic carbocycles. The first kappa shape index (κ1) is 25.1. The largest absolute Gasteiger partial charge is 0.505 e. The van der Waals surface area contributed by atoms with Crippen molar-refractivity contribution in [2.75, 3.05) is 12.4 Å². The number of halogens is 1. The first-order valence-electron chi connectivity index (χ1n) is 10.5. The Morgan fingerprint density at radius 2 is 1.72 bits per heavy atom. The van der Waals surface area contributed by atoms with Gasteiger partial charge in [0.05, 0.1) is 24.0 Å².